The van der Waals surface area contributed by atoms with E-state index in [0.29, 0.717) is 17.0 Å². The number of hydrogen-bond acceptors (Lipinski definition) is 4. The zero-order chi connectivity index (χ0) is 14.9. The van der Waals surface area contributed by atoms with Crippen LogP contribution in [0.5, 0.6) is 0 Å². The van der Waals surface area contributed by atoms with Gasteiger partial charge in [0.1, 0.15) is 11.8 Å². The summed E-state index contributed by atoms with van der Waals surface area (Å²) in [4.78, 5) is 21.0. The Labute approximate surface area is 118 Å². The minimum absolute atomic E-state index is 0.0407. The largest absolute Gasteiger partial charge is 0.382 e. The van der Waals surface area contributed by atoms with Crippen LogP contribution < -0.4 is 11.4 Å². The molecule has 2 N–H and O–H groups in total. The number of anilines is 1. The molecule has 2 aromatic heterocycles. The van der Waals surface area contributed by atoms with E-state index < -0.39 is 0 Å². The van der Waals surface area contributed by atoms with Gasteiger partial charge in [0.2, 0.25) is 0 Å². The van der Waals surface area contributed by atoms with Crippen molar-refractivity contribution < 1.29 is 0 Å². The maximum absolute atomic E-state index is 12.7. The third-order valence-corrected chi connectivity index (χ3v) is 3.65. The van der Waals surface area contributed by atoms with Crippen LogP contribution in [0.2, 0.25) is 0 Å². The minimum atomic E-state index is -0.0502. The van der Waals surface area contributed by atoms with Crippen LogP contribution in [0.1, 0.15) is 59.0 Å². The van der Waals surface area contributed by atoms with E-state index in [4.69, 9.17) is 5.73 Å². The molecule has 6 heteroatoms. The van der Waals surface area contributed by atoms with Crippen molar-refractivity contribution in [1.29, 1.82) is 0 Å². The van der Waals surface area contributed by atoms with Gasteiger partial charge in [0.25, 0.3) is 0 Å². The van der Waals surface area contributed by atoms with Crippen molar-refractivity contribution in [1.82, 2.24) is 19.1 Å². The first-order valence-corrected chi connectivity index (χ1v) is 7.21. The molecule has 0 bridgehead atoms. The predicted molar refractivity (Wildman–Crippen MR) is 80.8 cm³/mol. The lowest BCUT2D eigenvalue weighted by Crippen LogP contribution is -2.27. The Balaban J connectivity index is 2.70. The predicted octanol–water partition coefficient (Wildman–Crippen LogP) is 2.51. The summed E-state index contributed by atoms with van der Waals surface area (Å²) >= 11 is 0. The molecule has 0 aliphatic carbocycles. The Kier molecular flexibility index (Phi) is 4.11. The summed E-state index contributed by atoms with van der Waals surface area (Å²) < 4.78 is 3.44. The number of hydrogen-bond donors (Lipinski definition) is 1. The molecule has 2 aromatic rings. The van der Waals surface area contributed by atoms with E-state index in [1.54, 1.807) is 9.13 Å². The second-order valence-corrected chi connectivity index (χ2v) is 5.54. The highest BCUT2D eigenvalue weighted by molar-refractivity contribution is 5.82. The number of nitrogen functional groups attached to an aromatic ring is 1. The molecule has 0 saturated heterocycles. The quantitative estimate of drug-likeness (QED) is 0.910. The van der Waals surface area contributed by atoms with E-state index in [2.05, 4.69) is 16.9 Å². The van der Waals surface area contributed by atoms with E-state index in [0.717, 1.165) is 19.3 Å². The summed E-state index contributed by atoms with van der Waals surface area (Å²) in [6.45, 7) is 8.14. The Morgan fingerprint density at radius 1 is 1.25 bits per heavy atom. The number of unbranched alkanes of at least 4 members (excludes halogenated alkanes) is 1. The van der Waals surface area contributed by atoms with E-state index >= 15 is 0 Å². The van der Waals surface area contributed by atoms with Crippen LogP contribution in [0.3, 0.4) is 0 Å². The van der Waals surface area contributed by atoms with Gasteiger partial charge in [-0.05, 0) is 27.2 Å². The molecular weight excluding hydrogens is 254 g/mol. The summed E-state index contributed by atoms with van der Waals surface area (Å²) in [5.74, 6) is 0.370. The summed E-state index contributed by atoms with van der Waals surface area (Å²) in [5.41, 5.74) is 7.22. The number of nitrogens with zero attached hydrogens (tertiary/aromatic N) is 4. The first-order chi connectivity index (χ1) is 9.49. The molecule has 0 fully saturated rings. The zero-order valence-electron chi connectivity index (χ0n) is 12.6. The number of aromatic nitrogens is 4. The topological polar surface area (TPSA) is 78.7 Å². The van der Waals surface area contributed by atoms with Crippen molar-refractivity contribution in [3.05, 3.63) is 16.8 Å². The fraction of sp³-hybridized carbons (Fsp3) is 0.643. The van der Waals surface area contributed by atoms with Crippen molar-refractivity contribution in [3.63, 3.8) is 0 Å². The summed E-state index contributed by atoms with van der Waals surface area (Å²) in [6, 6.07) is 0.136. The van der Waals surface area contributed by atoms with Crippen molar-refractivity contribution in [2.75, 3.05) is 5.73 Å². The highest BCUT2D eigenvalue weighted by Crippen LogP contribution is 2.24. The van der Waals surface area contributed by atoms with Gasteiger partial charge in [-0.1, -0.05) is 19.8 Å². The van der Waals surface area contributed by atoms with Gasteiger partial charge < -0.3 is 5.73 Å². The fourth-order valence-corrected chi connectivity index (χ4v) is 2.60. The molecule has 1 unspecified atom stereocenters. The van der Waals surface area contributed by atoms with Crippen molar-refractivity contribution in [3.8, 4) is 0 Å². The molecule has 20 heavy (non-hydrogen) atoms. The van der Waals surface area contributed by atoms with Crippen LogP contribution in [-0.4, -0.2) is 19.1 Å². The van der Waals surface area contributed by atoms with Crippen LogP contribution in [-0.2, 0) is 0 Å². The van der Waals surface area contributed by atoms with Crippen molar-refractivity contribution in [2.24, 2.45) is 0 Å². The molecule has 0 saturated carbocycles. The zero-order valence-corrected chi connectivity index (χ0v) is 12.6. The van der Waals surface area contributed by atoms with Gasteiger partial charge in [0.15, 0.2) is 11.5 Å². The number of nitrogens with two attached hydrogens (primary N) is 1. The maximum atomic E-state index is 12.7. The fourth-order valence-electron chi connectivity index (χ4n) is 2.60. The molecule has 110 valence electrons. The van der Waals surface area contributed by atoms with Crippen LogP contribution in [0, 0.1) is 0 Å². The van der Waals surface area contributed by atoms with Gasteiger partial charge in [-0.15, -0.1) is 0 Å². The Morgan fingerprint density at radius 3 is 2.55 bits per heavy atom. The Bertz CT molecular complexity index is 655. The van der Waals surface area contributed by atoms with Crippen LogP contribution in [0.25, 0.3) is 11.2 Å². The molecule has 0 aromatic carbocycles. The third-order valence-electron chi connectivity index (χ3n) is 3.65. The molecular formula is C14H23N5O. The second kappa shape index (κ2) is 5.64. The van der Waals surface area contributed by atoms with E-state index in [-0.39, 0.29) is 17.8 Å². The van der Waals surface area contributed by atoms with Crippen molar-refractivity contribution >= 4 is 17.0 Å². The molecule has 6 nitrogen and oxygen atoms in total. The van der Waals surface area contributed by atoms with Crippen molar-refractivity contribution in [2.45, 2.75) is 59.0 Å². The van der Waals surface area contributed by atoms with E-state index in [1.165, 1.54) is 6.33 Å². The third kappa shape index (κ3) is 2.30. The summed E-state index contributed by atoms with van der Waals surface area (Å²) in [5, 5.41) is 0. The van der Waals surface area contributed by atoms with E-state index in [1.807, 2.05) is 20.8 Å². The molecule has 1 atom stereocenters. The van der Waals surface area contributed by atoms with Gasteiger partial charge in [0.05, 0.1) is 0 Å². The summed E-state index contributed by atoms with van der Waals surface area (Å²) in [7, 11) is 0. The maximum Gasteiger partial charge on any atom is 0.330 e. The first-order valence-electron chi connectivity index (χ1n) is 7.21. The highest BCUT2D eigenvalue weighted by Gasteiger charge is 2.22. The van der Waals surface area contributed by atoms with Crippen LogP contribution >= 0.6 is 0 Å². The Morgan fingerprint density at radius 2 is 1.95 bits per heavy atom. The standard InChI is InChI=1S/C14H23N5O/c1-5-6-7-10(4)19-11-12(15)16-8-17-13(11)18(9(2)3)14(19)20/h8-10H,5-7H2,1-4H3,(H2,15,16,17). The second-order valence-electron chi connectivity index (χ2n) is 5.54. The average Bonchev–Trinajstić information content (AvgIpc) is 2.69. The molecule has 0 radical (unpaired) electrons. The highest BCUT2D eigenvalue weighted by atomic mass is 16.2. The molecule has 2 heterocycles. The molecule has 0 aliphatic rings. The van der Waals surface area contributed by atoms with Gasteiger partial charge in [-0.2, -0.15) is 0 Å². The monoisotopic (exact) mass is 277 g/mol. The number of imidazole rings is 1. The van der Waals surface area contributed by atoms with Crippen LogP contribution in [0.4, 0.5) is 5.82 Å². The minimum Gasteiger partial charge on any atom is -0.382 e. The van der Waals surface area contributed by atoms with E-state index in [9.17, 15) is 4.79 Å². The van der Waals surface area contributed by atoms with Gasteiger partial charge in [0, 0.05) is 12.1 Å². The number of fused-ring (bicyclic) bond motifs is 1. The first kappa shape index (κ1) is 14.6. The van der Waals surface area contributed by atoms with Gasteiger partial charge >= 0.3 is 5.69 Å². The van der Waals surface area contributed by atoms with Gasteiger partial charge in [-0.3, -0.25) is 9.13 Å². The van der Waals surface area contributed by atoms with Gasteiger partial charge in [-0.25, -0.2) is 14.8 Å². The lowest BCUT2D eigenvalue weighted by Gasteiger charge is -2.13. The molecule has 2 rings (SSSR count). The molecule has 0 spiro atoms. The normalized spacial score (nSPS) is 13.2. The molecule has 0 aliphatic heterocycles. The lowest BCUT2D eigenvalue weighted by molar-refractivity contribution is 0.465. The molecule has 0 amide bonds. The number of rotatable bonds is 5. The average molecular weight is 277 g/mol. The summed E-state index contributed by atoms with van der Waals surface area (Å²) in [6.07, 6.45) is 4.54. The lowest BCUT2D eigenvalue weighted by atomic mass is 10.1. The van der Waals surface area contributed by atoms with Crippen LogP contribution in [0.15, 0.2) is 11.1 Å². The SMILES string of the molecule is CCCCC(C)n1c(=O)n(C(C)C)c2ncnc(N)c21. The smallest absolute Gasteiger partial charge is 0.330 e. The Hall–Kier alpha value is -1.85.